The zero-order valence-electron chi connectivity index (χ0n) is 22.9. The molecule has 44 heavy (non-hydrogen) atoms. The van der Waals surface area contributed by atoms with Crippen molar-refractivity contribution >= 4 is 56.6 Å². The Hall–Kier alpha value is -5.01. The summed E-state index contributed by atoms with van der Waals surface area (Å²) in [4.78, 5) is 40.4. The van der Waals surface area contributed by atoms with Crippen LogP contribution in [0, 0.1) is 11.6 Å². The van der Waals surface area contributed by atoms with E-state index in [0.717, 1.165) is 28.8 Å². The number of sulfonamides is 1. The van der Waals surface area contributed by atoms with Crippen molar-refractivity contribution in [2.75, 3.05) is 22.0 Å². The van der Waals surface area contributed by atoms with Crippen LogP contribution in [0.5, 0.6) is 0 Å². The predicted molar refractivity (Wildman–Crippen MR) is 162 cm³/mol. The number of amides is 2. The van der Waals surface area contributed by atoms with Gasteiger partial charge < -0.3 is 10.1 Å². The molecule has 0 saturated heterocycles. The van der Waals surface area contributed by atoms with Crippen LogP contribution in [0.15, 0.2) is 113 Å². The van der Waals surface area contributed by atoms with Crippen molar-refractivity contribution in [1.82, 2.24) is 0 Å². The van der Waals surface area contributed by atoms with E-state index in [1.165, 1.54) is 67.8 Å². The van der Waals surface area contributed by atoms with E-state index in [-0.39, 0.29) is 33.1 Å². The molecule has 1 aliphatic heterocycles. The van der Waals surface area contributed by atoms with E-state index in [2.05, 4.69) is 10.0 Å². The molecule has 4 aromatic carbocycles. The van der Waals surface area contributed by atoms with Crippen LogP contribution in [0.4, 0.5) is 25.8 Å². The lowest BCUT2D eigenvalue weighted by atomic mass is 10.1. The average molecular weight is 636 g/mol. The molecule has 13 heteroatoms. The van der Waals surface area contributed by atoms with Crippen molar-refractivity contribution in [1.29, 1.82) is 0 Å². The molecule has 2 N–H and O–H groups in total. The second-order valence-corrected chi connectivity index (χ2v) is 12.2. The number of thioether (sulfide) groups is 1. The lowest BCUT2D eigenvalue weighted by Gasteiger charge is -2.15. The van der Waals surface area contributed by atoms with Crippen LogP contribution in [0.3, 0.4) is 0 Å². The first-order valence-corrected chi connectivity index (χ1v) is 15.4. The molecular formula is C31H23F2N3O6S2. The first-order valence-electron chi connectivity index (χ1n) is 12.9. The number of nitrogens with zero attached hydrogens (tertiary/aromatic N) is 1. The Labute approximate surface area is 255 Å². The minimum atomic E-state index is -3.93. The summed E-state index contributed by atoms with van der Waals surface area (Å²) in [5.41, 5.74) is 1.09. The van der Waals surface area contributed by atoms with Gasteiger partial charge in [-0.15, -0.1) is 0 Å². The van der Waals surface area contributed by atoms with Gasteiger partial charge in [-0.1, -0.05) is 30.0 Å². The summed E-state index contributed by atoms with van der Waals surface area (Å²) in [6.45, 7) is 0. The standard InChI is InChI=1S/C31H23F2N3O6S2/c1-42-31(39)26-5-3-2-4-19(26)18-44(40,41)35-23-12-16-25(17-13-23)43-28-27(34-22-10-6-20(32)7-11-22)29(37)36(30(28)38)24-14-8-21(33)9-15-24/h2-17,34-35H,18H2,1H3. The number of methoxy groups -OCH3 is 1. The van der Waals surface area contributed by atoms with Gasteiger partial charge in [-0.3, -0.25) is 14.3 Å². The van der Waals surface area contributed by atoms with Crippen LogP contribution in [0.2, 0.25) is 0 Å². The molecule has 4 aromatic rings. The van der Waals surface area contributed by atoms with Crippen molar-refractivity contribution in [2.45, 2.75) is 10.6 Å². The summed E-state index contributed by atoms with van der Waals surface area (Å²) in [5, 5.41) is 2.89. The zero-order valence-corrected chi connectivity index (χ0v) is 24.5. The number of rotatable bonds is 10. The summed E-state index contributed by atoms with van der Waals surface area (Å²) in [7, 11) is -2.73. The van der Waals surface area contributed by atoms with Crippen LogP contribution in [0.1, 0.15) is 15.9 Å². The number of nitrogens with one attached hydrogen (secondary N) is 2. The molecule has 0 aromatic heterocycles. The zero-order chi connectivity index (χ0) is 31.4. The second kappa shape index (κ2) is 12.7. The number of hydrogen-bond donors (Lipinski definition) is 2. The summed E-state index contributed by atoms with van der Waals surface area (Å²) in [6, 6.07) is 22.4. The third-order valence-electron chi connectivity index (χ3n) is 6.36. The summed E-state index contributed by atoms with van der Waals surface area (Å²) in [6.07, 6.45) is 0. The molecule has 1 heterocycles. The Morgan fingerprint density at radius 1 is 0.818 bits per heavy atom. The van der Waals surface area contributed by atoms with E-state index >= 15 is 0 Å². The number of carbonyl (C=O) groups excluding carboxylic acids is 3. The highest BCUT2D eigenvalue weighted by Crippen LogP contribution is 2.38. The van der Waals surface area contributed by atoms with Gasteiger partial charge in [0.1, 0.15) is 22.2 Å². The van der Waals surface area contributed by atoms with E-state index < -0.39 is 45.2 Å². The van der Waals surface area contributed by atoms with E-state index in [9.17, 15) is 31.6 Å². The maximum Gasteiger partial charge on any atom is 0.338 e. The van der Waals surface area contributed by atoms with Crippen LogP contribution < -0.4 is 14.9 Å². The molecule has 0 spiro atoms. The molecule has 0 saturated carbocycles. The molecule has 0 aliphatic carbocycles. The third-order valence-corrected chi connectivity index (χ3v) is 8.68. The first kappa shape index (κ1) is 30.4. The molecule has 5 rings (SSSR count). The highest BCUT2D eigenvalue weighted by molar-refractivity contribution is 8.04. The molecule has 1 aliphatic rings. The lowest BCUT2D eigenvalue weighted by molar-refractivity contribution is -0.120. The molecular weight excluding hydrogens is 612 g/mol. The van der Waals surface area contributed by atoms with Gasteiger partial charge in [0.2, 0.25) is 10.0 Å². The van der Waals surface area contributed by atoms with Crippen LogP contribution in [-0.2, 0) is 30.1 Å². The third kappa shape index (κ3) is 6.79. The summed E-state index contributed by atoms with van der Waals surface area (Å²) >= 11 is 0.960. The summed E-state index contributed by atoms with van der Waals surface area (Å²) < 4.78 is 60.0. The van der Waals surface area contributed by atoms with Crippen molar-refractivity contribution in [2.24, 2.45) is 0 Å². The Morgan fingerprint density at radius 3 is 2.05 bits per heavy atom. The van der Waals surface area contributed by atoms with Gasteiger partial charge in [-0.05, 0) is 84.4 Å². The van der Waals surface area contributed by atoms with Crippen LogP contribution >= 0.6 is 11.8 Å². The van der Waals surface area contributed by atoms with Gasteiger partial charge in [-0.2, -0.15) is 0 Å². The minimum absolute atomic E-state index is 0.0244. The lowest BCUT2D eigenvalue weighted by Crippen LogP contribution is -2.32. The van der Waals surface area contributed by atoms with E-state index in [0.29, 0.717) is 10.6 Å². The first-order chi connectivity index (χ1) is 21.0. The fraction of sp³-hybridized carbons (Fsp3) is 0.0645. The van der Waals surface area contributed by atoms with E-state index in [1.54, 1.807) is 24.3 Å². The van der Waals surface area contributed by atoms with E-state index in [1.807, 2.05) is 0 Å². The van der Waals surface area contributed by atoms with Crippen molar-refractivity contribution in [3.63, 3.8) is 0 Å². The number of carbonyl (C=O) groups is 3. The Morgan fingerprint density at radius 2 is 1.41 bits per heavy atom. The Balaban J connectivity index is 1.37. The molecule has 0 bridgehead atoms. The number of benzene rings is 4. The van der Waals surface area contributed by atoms with Gasteiger partial charge in [0, 0.05) is 16.3 Å². The van der Waals surface area contributed by atoms with Crippen LogP contribution in [0.25, 0.3) is 0 Å². The number of imide groups is 1. The predicted octanol–water partition coefficient (Wildman–Crippen LogP) is 5.68. The maximum absolute atomic E-state index is 13.5. The van der Waals surface area contributed by atoms with Gasteiger partial charge in [0.05, 0.1) is 24.1 Å². The number of anilines is 3. The topological polar surface area (TPSA) is 122 Å². The van der Waals surface area contributed by atoms with Gasteiger partial charge in [0.25, 0.3) is 11.8 Å². The Bertz CT molecular complexity index is 1880. The number of esters is 1. The molecule has 0 fully saturated rings. The van der Waals surface area contributed by atoms with E-state index in [4.69, 9.17) is 4.74 Å². The molecule has 224 valence electrons. The highest BCUT2D eigenvalue weighted by atomic mass is 32.2. The van der Waals surface area contributed by atoms with Crippen molar-refractivity contribution < 1.29 is 36.3 Å². The number of halogens is 2. The largest absolute Gasteiger partial charge is 0.465 e. The molecule has 0 radical (unpaired) electrons. The Kier molecular flexibility index (Phi) is 8.78. The fourth-order valence-electron chi connectivity index (χ4n) is 4.30. The monoisotopic (exact) mass is 635 g/mol. The van der Waals surface area contributed by atoms with Crippen molar-refractivity contribution in [3.8, 4) is 0 Å². The SMILES string of the molecule is COC(=O)c1ccccc1CS(=O)(=O)Nc1ccc(SC2=C(Nc3ccc(F)cc3)C(=O)N(c3ccc(F)cc3)C2=O)cc1. The molecule has 9 nitrogen and oxygen atoms in total. The second-order valence-electron chi connectivity index (χ2n) is 9.39. The number of ether oxygens (including phenoxy) is 1. The fourth-order valence-corrected chi connectivity index (χ4v) is 6.46. The smallest absolute Gasteiger partial charge is 0.338 e. The van der Waals surface area contributed by atoms with Crippen molar-refractivity contribution in [3.05, 3.63) is 130 Å². The quantitative estimate of drug-likeness (QED) is 0.169. The van der Waals surface area contributed by atoms with Gasteiger partial charge >= 0.3 is 5.97 Å². The molecule has 0 atom stereocenters. The summed E-state index contributed by atoms with van der Waals surface area (Å²) in [5.74, 6) is -3.50. The normalized spacial score (nSPS) is 13.3. The average Bonchev–Trinajstić information content (AvgIpc) is 3.23. The van der Waals surface area contributed by atoms with Crippen LogP contribution in [-0.4, -0.2) is 33.3 Å². The van der Waals surface area contributed by atoms with Gasteiger partial charge in [-0.25, -0.2) is 26.9 Å². The number of hydrogen-bond acceptors (Lipinski definition) is 8. The highest BCUT2D eigenvalue weighted by Gasteiger charge is 2.40. The van der Waals surface area contributed by atoms with Gasteiger partial charge in [0.15, 0.2) is 0 Å². The maximum atomic E-state index is 13.5. The minimum Gasteiger partial charge on any atom is -0.465 e. The molecule has 0 unspecified atom stereocenters. The molecule has 2 amide bonds.